The number of nitrogens with two attached hydrogens (primary N) is 1. The van der Waals surface area contributed by atoms with E-state index in [0.29, 0.717) is 34.2 Å². The minimum Gasteiger partial charge on any atom is -0.508 e. The zero-order valence-corrected chi connectivity index (χ0v) is 22.0. The van der Waals surface area contributed by atoms with Gasteiger partial charge in [-0.15, -0.1) is 0 Å². The van der Waals surface area contributed by atoms with Crippen LogP contribution in [0, 0.1) is 0 Å². The number of esters is 2. The van der Waals surface area contributed by atoms with Crippen molar-refractivity contribution in [1.29, 1.82) is 0 Å². The van der Waals surface area contributed by atoms with Crippen molar-refractivity contribution in [2.24, 2.45) is 5.73 Å². The molecule has 5 rings (SSSR count). The minimum atomic E-state index is -1.79. The van der Waals surface area contributed by atoms with Gasteiger partial charge in [-0.3, -0.25) is 4.79 Å². The second-order valence-electron chi connectivity index (χ2n) is 10.6. The van der Waals surface area contributed by atoms with Crippen molar-refractivity contribution in [3.05, 3.63) is 50.9 Å². The zero-order valence-electron chi connectivity index (χ0n) is 21.0. The van der Waals surface area contributed by atoms with E-state index < -0.39 is 25.6 Å². The Morgan fingerprint density at radius 3 is 2.72 bits per heavy atom. The average molecular weight is 510 g/mol. The van der Waals surface area contributed by atoms with Crippen molar-refractivity contribution in [2.45, 2.75) is 58.0 Å². The second-order valence-corrected chi connectivity index (χ2v) is 15.6. The monoisotopic (exact) mass is 509 g/mol. The number of cyclic esters (lactones) is 1. The van der Waals surface area contributed by atoms with E-state index in [2.05, 4.69) is 19.6 Å². The van der Waals surface area contributed by atoms with Gasteiger partial charge >= 0.3 is 11.9 Å². The van der Waals surface area contributed by atoms with Crippen LogP contribution in [0.5, 0.6) is 5.75 Å². The Labute approximate surface area is 209 Å². The van der Waals surface area contributed by atoms with Crippen LogP contribution in [0.2, 0.25) is 19.6 Å². The third-order valence-electron chi connectivity index (χ3n) is 7.27. The first-order chi connectivity index (χ1) is 17.0. The van der Waals surface area contributed by atoms with E-state index >= 15 is 0 Å². The largest absolute Gasteiger partial charge is 0.508 e. The van der Waals surface area contributed by atoms with Crippen molar-refractivity contribution < 1.29 is 29.3 Å². The lowest BCUT2D eigenvalue weighted by Gasteiger charge is -2.38. The smallest absolute Gasteiger partial charge is 0.355 e. The van der Waals surface area contributed by atoms with E-state index in [1.54, 1.807) is 13.0 Å². The molecule has 0 spiro atoms. The molecule has 3 aliphatic rings. The van der Waals surface area contributed by atoms with Gasteiger partial charge in [0.05, 0.1) is 26.7 Å². The van der Waals surface area contributed by atoms with Crippen LogP contribution in [0.3, 0.4) is 0 Å². The summed E-state index contributed by atoms with van der Waals surface area (Å²) >= 11 is 0. The Hall–Kier alpha value is -3.37. The van der Waals surface area contributed by atoms with Crippen molar-refractivity contribution in [3.63, 3.8) is 0 Å². The van der Waals surface area contributed by atoms with Crippen LogP contribution in [-0.4, -0.2) is 58.5 Å². The number of aromatic nitrogens is 2. The van der Waals surface area contributed by atoms with E-state index in [4.69, 9.17) is 20.2 Å². The lowest BCUT2D eigenvalue weighted by molar-refractivity contribution is -0.180. The first kappa shape index (κ1) is 24.3. The fourth-order valence-corrected chi connectivity index (χ4v) is 7.22. The van der Waals surface area contributed by atoms with Crippen LogP contribution < -0.4 is 21.7 Å². The van der Waals surface area contributed by atoms with Crippen LogP contribution in [-0.2, 0) is 32.0 Å². The van der Waals surface area contributed by atoms with Gasteiger partial charge in [0.1, 0.15) is 28.9 Å². The van der Waals surface area contributed by atoms with Crippen LogP contribution in [0.1, 0.15) is 36.6 Å². The van der Waals surface area contributed by atoms with E-state index in [1.165, 1.54) is 0 Å². The zero-order chi connectivity index (χ0) is 26.0. The molecule has 0 radical (unpaired) electrons. The summed E-state index contributed by atoms with van der Waals surface area (Å²) in [4.78, 5) is 30.2. The van der Waals surface area contributed by atoms with E-state index in [-0.39, 0.29) is 43.9 Å². The molecule has 2 aromatic rings. The number of carbonyl (C=O) groups is 2. The summed E-state index contributed by atoms with van der Waals surface area (Å²) in [6.45, 7) is 8.92. The van der Waals surface area contributed by atoms with Crippen LogP contribution in [0.4, 0.5) is 0 Å². The molecule has 4 N–H and O–H groups in total. The van der Waals surface area contributed by atoms with Crippen molar-refractivity contribution in [3.8, 4) is 5.75 Å². The first-order valence-electron chi connectivity index (χ1n) is 12.2. The maximum absolute atomic E-state index is 13.0. The molecule has 1 aromatic heterocycles. The van der Waals surface area contributed by atoms with Gasteiger partial charge in [0, 0.05) is 24.1 Å². The van der Waals surface area contributed by atoms with Gasteiger partial charge in [0.25, 0.3) is 0 Å². The molecule has 1 aliphatic carbocycles. The number of phenolic OH excluding ortho intramolecular Hbond substituents is 1. The maximum atomic E-state index is 13.0. The fourth-order valence-electron chi connectivity index (χ4n) is 5.51. The third-order valence-corrected chi connectivity index (χ3v) is 9.33. The van der Waals surface area contributed by atoms with Crippen molar-refractivity contribution in [2.75, 3.05) is 13.2 Å². The molecule has 10 heteroatoms. The number of aliphatic hydroxyl groups excluding tert-OH is 1. The second kappa shape index (κ2) is 8.34. The average Bonchev–Trinajstić information content (AvgIpc) is 3.16. The molecule has 0 saturated carbocycles. The van der Waals surface area contributed by atoms with Gasteiger partial charge in [0.15, 0.2) is 0 Å². The fraction of sp³-hybridized carbons (Fsp3) is 0.423. The number of fused-ring (bicyclic) bond motifs is 4. The Bertz CT molecular complexity index is 1470. The highest BCUT2D eigenvalue weighted by Gasteiger charge is 2.52. The molecule has 0 saturated heterocycles. The number of hydrogen-bond donors (Lipinski definition) is 3. The molecule has 0 bridgehead atoms. The maximum Gasteiger partial charge on any atom is 0.355 e. The van der Waals surface area contributed by atoms with E-state index in [1.807, 2.05) is 16.7 Å². The number of aliphatic hydroxyl groups is 1. The topological polar surface area (TPSA) is 137 Å². The molecule has 0 fully saturated rings. The number of rotatable bonds is 5. The first-order valence-corrected chi connectivity index (χ1v) is 15.7. The molecular weight excluding hydrogens is 478 g/mol. The molecule has 9 nitrogen and oxygen atoms in total. The van der Waals surface area contributed by atoms with Gasteiger partial charge in [-0.1, -0.05) is 31.8 Å². The van der Waals surface area contributed by atoms with E-state index in [9.17, 15) is 19.8 Å². The molecule has 1 unspecified atom stereocenters. The van der Waals surface area contributed by atoms with Gasteiger partial charge < -0.3 is 30.0 Å². The molecule has 36 heavy (non-hydrogen) atoms. The number of carbonyl (C=O) groups excluding carboxylic acids is 2. The number of nitrogens with zero attached hydrogens (tertiary/aromatic N) is 2. The molecular formula is C26H31N3O6Si. The van der Waals surface area contributed by atoms with Crippen molar-refractivity contribution >= 4 is 37.0 Å². The molecule has 1 aromatic carbocycles. The van der Waals surface area contributed by atoms with E-state index in [0.717, 1.165) is 16.3 Å². The highest BCUT2D eigenvalue weighted by molar-refractivity contribution is 6.89. The Morgan fingerprint density at radius 1 is 1.31 bits per heavy atom. The van der Waals surface area contributed by atoms with Crippen LogP contribution in [0.25, 0.3) is 11.8 Å². The number of phenols is 1. The Balaban J connectivity index is 1.68. The summed E-state index contributed by atoms with van der Waals surface area (Å²) < 4.78 is 13.1. The number of benzene rings is 1. The van der Waals surface area contributed by atoms with Crippen molar-refractivity contribution in [1.82, 2.24) is 9.55 Å². The molecule has 3 heterocycles. The SMILES string of the molecule is CCC1(OC(=O)CCN)C(=O)OCC2=C1Cc1nc3n(c1=C2O)Cc1c(cc(O)cc1[Si](C)(C)C)C=3. The normalized spacial score (nSPS) is 20.6. The van der Waals surface area contributed by atoms with Crippen LogP contribution >= 0.6 is 0 Å². The predicted octanol–water partition coefficient (Wildman–Crippen LogP) is 0.441. The lowest BCUT2D eigenvalue weighted by atomic mass is 9.79. The Kier molecular flexibility index (Phi) is 5.64. The third kappa shape index (κ3) is 3.58. The number of hydrogen-bond acceptors (Lipinski definition) is 8. The highest BCUT2D eigenvalue weighted by atomic mass is 28.3. The number of ether oxygens (including phenoxy) is 2. The van der Waals surface area contributed by atoms with Gasteiger partial charge in [0.2, 0.25) is 5.60 Å². The molecule has 2 aliphatic heterocycles. The summed E-state index contributed by atoms with van der Waals surface area (Å²) in [5.41, 5.74) is 8.12. The summed E-state index contributed by atoms with van der Waals surface area (Å²) in [6.07, 6.45) is 2.29. The highest BCUT2D eigenvalue weighted by Crippen LogP contribution is 2.39. The Morgan fingerprint density at radius 2 is 2.06 bits per heavy atom. The minimum absolute atomic E-state index is 0.0182. The molecule has 190 valence electrons. The van der Waals surface area contributed by atoms with Gasteiger partial charge in [-0.2, -0.15) is 0 Å². The van der Waals surface area contributed by atoms with Gasteiger partial charge in [-0.25, -0.2) is 9.78 Å². The summed E-state index contributed by atoms with van der Waals surface area (Å²) in [5.74, 6) is -1.04. The summed E-state index contributed by atoms with van der Waals surface area (Å²) in [6, 6.07) is 3.60. The quantitative estimate of drug-likeness (QED) is 0.333. The number of aromatic hydroxyl groups is 1. The van der Waals surface area contributed by atoms with Crippen LogP contribution in [0.15, 0.2) is 23.3 Å². The summed E-state index contributed by atoms with van der Waals surface area (Å²) in [5, 5.41) is 23.6. The standard InChI is InChI=1S/C26H31N3O6Si/c1-5-26(35-22(31)6-7-27)18-11-19-23(24(32)17(18)13-34-25(26)33)29-12-16-14(9-21(29)28-19)8-15(30)10-20(16)36(2,3)4/h8-10,30,32H,5-7,11-13,27H2,1-4H3. The predicted molar refractivity (Wildman–Crippen MR) is 136 cm³/mol. The molecule has 0 amide bonds. The lowest BCUT2D eigenvalue weighted by Crippen LogP contribution is -2.52. The van der Waals surface area contributed by atoms with Gasteiger partial charge in [-0.05, 0) is 35.8 Å². The summed E-state index contributed by atoms with van der Waals surface area (Å²) in [7, 11) is -1.79. The number of imidazole rings is 1. The molecule has 1 atom stereocenters.